The number of benzene rings is 2. The first-order valence-electron chi connectivity index (χ1n) is 10.3. The van der Waals surface area contributed by atoms with Crippen LogP contribution in [0.25, 0.3) is 0 Å². The van der Waals surface area contributed by atoms with E-state index in [4.69, 9.17) is 0 Å². The Kier molecular flexibility index (Phi) is 5.18. The van der Waals surface area contributed by atoms with Crippen molar-refractivity contribution in [3.8, 4) is 0 Å². The third-order valence-electron chi connectivity index (χ3n) is 6.06. The van der Waals surface area contributed by atoms with E-state index in [2.05, 4.69) is 86.2 Å². The normalized spacial score (nSPS) is 16.0. The van der Waals surface area contributed by atoms with Crippen molar-refractivity contribution in [3.05, 3.63) is 88.7 Å². The van der Waals surface area contributed by atoms with Crippen LogP contribution < -0.4 is 5.32 Å². The Balaban J connectivity index is 1.67. The molecule has 2 amide bonds. The summed E-state index contributed by atoms with van der Waals surface area (Å²) in [4.78, 5) is 15.3. The summed E-state index contributed by atoms with van der Waals surface area (Å²) in [6, 6.07) is 18.8. The summed E-state index contributed by atoms with van der Waals surface area (Å²) in [6.45, 7) is 10.00. The molecule has 1 aliphatic heterocycles. The van der Waals surface area contributed by atoms with E-state index in [0.717, 1.165) is 29.1 Å². The maximum atomic E-state index is 13.3. The molecule has 4 heteroatoms. The zero-order chi connectivity index (χ0) is 20.5. The van der Waals surface area contributed by atoms with Crippen LogP contribution in [0.3, 0.4) is 0 Å². The third-order valence-corrected chi connectivity index (χ3v) is 6.06. The predicted molar refractivity (Wildman–Crippen MR) is 118 cm³/mol. The number of hydrogen-bond acceptors (Lipinski definition) is 1. The number of carbonyl (C=O) groups excluding carboxylic acids is 1. The maximum absolute atomic E-state index is 13.3. The largest absolute Gasteiger partial charge is 0.348 e. The van der Waals surface area contributed by atoms with E-state index < -0.39 is 0 Å². The van der Waals surface area contributed by atoms with Gasteiger partial charge >= 0.3 is 6.03 Å². The third kappa shape index (κ3) is 3.67. The number of rotatable bonds is 3. The van der Waals surface area contributed by atoms with Crippen LogP contribution in [0, 0.1) is 13.8 Å². The molecule has 29 heavy (non-hydrogen) atoms. The van der Waals surface area contributed by atoms with E-state index in [0.29, 0.717) is 12.5 Å². The Morgan fingerprint density at radius 3 is 2.48 bits per heavy atom. The van der Waals surface area contributed by atoms with Crippen LogP contribution >= 0.6 is 0 Å². The van der Waals surface area contributed by atoms with Gasteiger partial charge in [-0.15, -0.1) is 0 Å². The highest BCUT2D eigenvalue weighted by Crippen LogP contribution is 2.34. The van der Waals surface area contributed by atoms with Crippen molar-refractivity contribution in [2.75, 3.05) is 11.9 Å². The minimum Gasteiger partial charge on any atom is -0.348 e. The van der Waals surface area contributed by atoms with E-state index in [1.54, 1.807) is 0 Å². The smallest absolute Gasteiger partial charge is 0.322 e. The molecule has 150 valence electrons. The first-order valence-corrected chi connectivity index (χ1v) is 10.3. The second kappa shape index (κ2) is 7.78. The molecular formula is C25H29N3O. The summed E-state index contributed by atoms with van der Waals surface area (Å²) in [6.07, 6.45) is 2.10. The highest BCUT2D eigenvalue weighted by Gasteiger charge is 2.32. The maximum Gasteiger partial charge on any atom is 0.322 e. The van der Waals surface area contributed by atoms with Crippen molar-refractivity contribution in [1.29, 1.82) is 0 Å². The molecule has 1 aliphatic rings. The van der Waals surface area contributed by atoms with Gasteiger partial charge in [0.15, 0.2) is 0 Å². The second-order valence-electron chi connectivity index (χ2n) is 8.22. The molecule has 4 rings (SSSR count). The molecule has 0 aliphatic carbocycles. The van der Waals surface area contributed by atoms with Gasteiger partial charge < -0.3 is 14.8 Å². The highest BCUT2D eigenvalue weighted by atomic mass is 16.2. The lowest BCUT2D eigenvalue weighted by Gasteiger charge is -2.37. The standard InChI is InChI=1S/C25H29N3O/c1-17(2)20-10-12-21(13-11-20)24-23-9-6-14-27(23)15-16-28(24)25(29)26-22-8-5-7-18(3)19(22)4/h5-14,17,24H,15-16H2,1-4H3,(H,26,29). The average Bonchev–Trinajstić information content (AvgIpc) is 3.19. The minimum absolute atomic E-state index is 0.0518. The number of hydrogen-bond donors (Lipinski definition) is 1. The number of amides is 2. The van der Waals surface area contributed by atoms with Crippen LogP contribution in [0.4, 0.5) is 10.5 Å². The fourth-order valence-corrected chi connectivity index (χ4v) is 4.09. The van der Waals surface area contributed by atoms with Gasteiger partial charge in [-0.3, -0.25) is 0 Å². The molecule has 2 aromatic carbocycles. The van der Waals surface area contributed by atoms with E-state index in [-0.39, 0.29) is 12.1 Å². The van der Waals surface area contributed by atoms with E-state index in [1.165, 1.54) is 11.1 Å². The average molecular weight is 388 g/mol. The van der Waals surface area contributed by atoms with Gasteiger partial charge in [0.2, 0.25) is 0 Å². The van der Waals surface area contributed by atoms with E-state index >= 15 is 0 Å². The number of fused-ring (bicyclic) bond motifs is 1. The number of urea groups is 1. The van der Waals surface area contributed by atoms with Gasteiger partial charge in [0.25, 0.3) is 0 Å². The van der Waals surface area contributed by atoms with Crippen molar-refractivity contribution in [3.63, 3.8) is 0 Å². The Hall–Kier alpha value is -3.01. The fourth-order valence-electron chi connectivity index (χ4n) is 4.09. The van der Waals surface area contributed by atoms with Crippen LogP contribution in [0.2, 0.25) is 0 Å². The van der Waals surface area contributed by atoms with Crippen molar-refractivity contribution in [1.82, 2.24) is 9.47 Å². The molecule has 1 aromatic heterocycles. The van der Waals surface area contributed by atoms with Gasteiger partial charge in [-0.25, -0.2) is 4.79 Å². The number of aromatic nitrogens is 1. The van der Waals surface area contributed by atoms with Crippen molar-refractivity contribution >= 4 is 11.7 Å². The molecule has 0 radical (unpaired) electrons. The molecule has 2 heterocycles. The van der Waals surface area contributed by atoms with Gasteiger partial charge in [-0.2, -0.15) is 0 Å². The lowest BCUT2D eigenvalue weighted by atomic mass is 9.96. The molecule has 0 saturated heterocycles. The molecule has 0 spiro atoms. The van der Waals surface area contributed by atoms with E-state index in [9.17, 15) is 4.79 Å². The highest BCUT2D eigenvalue weighted by molar-refractivity contribution is 5.91. The number of aryl methyl sites for hydroxylation is 1. The Morgan fingerprint density at radius 1 is 1.00 bits per heavy atom. The molecule has 4 nitrogen and oxygen atoms in total. The SMILES string of the molecule is Cc1cccc(NC(=O)N2CCn3cccc3C2c2ccc(C(C)C)cc2)c1C. The van der Waals surface area contributed by atoms with E-state index in [1.807, 2.05) is 17.0 Å². The Labute approximate surface area is 173 Å². The molecular weight excluding hydrogens is 358 g/mol. The van der Waals surface area contributed by atoms with Crippen LogP contribution in [-0.2, 0) is 6.54 Å². The zero-order valence-electron chi connectivity index (χ0n) is 17.6. The lowest BCUT2D eigenvalue weighted by molar-refractivity contribution is 0.182. The van der Waals surface area contributed by atoms with Crippen molar-refractivity contribution < 1.29 is 4.79 Å². The summed E-state index contributed by atoms with van der Waals surface area (Å²) in [5, 5.41) is 3.15. The molecule has 1 unspecified atom stereocenters. The number of anilines is 1. The van der Waals surface area contributed by atoms with Crippen LogP contribution in [-0.4, -0.2) is 22.0 Å². The van der Waals surface area contributed by atoms with Gasteiger partial charge in [0, 0.05) is 30.7 Å². The Morgan fingerprint density at radius 2 is 1.76 bits per heavy atom. The minimum atomic E-state index is -0.0925. The lowest BCUT2D eigenvalue weighted by Crippen LogP contribution is -2.44. The van der Waals surface area contributed by atoms with Crippen molar-refractivity contribution in [2.24, 2.45) is 0 Å². The monoisotopic (exact) mass is 387 g/mol. The van der Waals surface area contributed by atoms with Gasteiger partial charge in [-0.05, 0) is 60.2 Å². The van der Waals surface area contributed by atoms with Crippen LogP contribution in [0.1, 0.15) is 53.8 Å². The first kappa shape index (κ1) is 19.3. The molecule has 0 bridgehead atoms. The fraction of sp³-hybridized carbons (Fsp3) is 0.320. The summed E-state index contributed by atoms with van der Waals surface area (Å²) in [5.41, 5.74) is 6.78. The summed E-state index contributed by atoms with van der Waals surface area (Å²) < 4.78 is 2.25. The molecule has 1 atom stereocenters. The molecule has 1 N–H and O–H groups in total. The van der Waals surface area contributed by atoms with Gasteiger partial charge in [-0.1, -0.05) is 50.2 Å². The summed E-state index contributed by atoms with van der Waals surface area (Å²) >= 11 is 0. The second-order valence-corrected chi connectivity index (χ2v) is 8.22. The van der Waals surface area contributed by atoms with Crippen molar-refractivity contribution in [2.45, 2.75) is 46.2 Å². The Bertz CT molecular complexity index is 1020. The molecule has 0 saturated carbocycles. The van der Waals surface area contributed by atoms with Gasteiger partial charge in [0.1, 0.15) is 0 Å². The summed E-state index contributed by atoms with van der Waals surface area (Å²) in [5.74, 6) is 0.489. The van der Waals surface area contributed by atoms with Gasteiger partial charge in [0.05, 0.1) is 6.04 Å². The summed E-state index contributed by atoms with van der Waals surface area (Å²) in [7, 11) is 0. The van der Waals surface area contributed by atoms with Crippen LogP contribution in [0.15, 0.2) is 60.8 Å². The molecule has 3 aromatic rings. The first-order chi connectivity index (χ1) is 14.0. The number of nitrogens with one attached hydrogen (secondary N) is 1. The number of carbonyl (C=O) groups is 1. The quantitative estimate of drug-likeness (QED) is 0.600. The zero-order valence-corrected chi connectivity index (χ0v) is 17.6. The molecule has 0 fully saturated rings. The van der Waals surface area contributed by atoms with Crippen LogP contribution in [0.5, 0.6) is 0 Å². The number of nitrogens with zero attached hydrogens (tertiary/aromatic N) is 2. The predicted octanol–water partition coefficient (Wildman–Crippen LogP) is 5.87. The topological polar surface area (TPSA) is 37.3 Å².